The Kier molecular flexibility index (Phi) is 5.24. The van der Waals surface area contributed by atoms with Gasteiger partial charge in [-0.25, -0.2) is 0 Å². The Labute approximate surface area is 97.4 Å². The third-order valence-corrected chi connectivity index (χ3v) is 2.91. The lowest BCUT2D eigenvalue weighted by molar-refractivity contribution is 0.0553. The predicted molar refractivity (Wildman–Crippen MR) is 62.9 cm³/mol. The molecule has 0 N–H and O–H groups in total. The molecular formula is C13H19NO2. The first kappa shape index (κ1) is 13.0. The standard InChI is InChI=1S/C13H19NO2/c1-3-15-8-4-5-12(2)13(11-14)6-9-16-10-7-13/h4-5H,2-3,6-10H2,1H3. The molecule has 0 unspecified atom stereocenters. The van der Waals surface area contributed by atoms with Crippen molar-refractivity contribution in [3.63, 3.8) is 0 Å². The van der Waals surface area contributed by atoms with Crippen LogP contribution in [0.5, 0.6) is 0 Å². The minimum Gasteiger partial charge on any atom is -0.381 e. The van der Waals surface area contributed by atoms with Gasteiger partial charge in [0.15, 0.2) is 0 Å². The molecule has 0 amide bonds. The molecule has 1 aliphatic rings. The van der Waals surface area contributed by atoms with E-state index in [2.05, 4.69) is 12.6 Å². The van der Waals surface area contributed by atoms with Gasteiger partial charge in [0, 0.05) is 19.8 Å². The van der Waals surface area contributed by atoms with E-state index < -0.39 is 5.41 Å². The van der Waals surface area contributed by atoms with Gasteiger partial charge in [-0.1, -0.05) is 18.7 Å². The fraction of sp³-hybridized carbons (Fsp3) is 0.615. The van der Waals surface area contributed by atoms with E-state index in [4.69, 9.17) is 9.47 Å². The van der Waals surface area contributed by atoms with Crippen molar-refractivity contribution in [2.45, 2.75) is 19.8 Å². The van der Waals surface area contributed by atoms with Gasteiger partial charge in [0.05, 0.1) is 18.1 Å². The van der Waals surface area contributed by atoms with Crippen LogP contribution in [0.4, 0.5) is 0 Å². The fourth-order valence-electron chi connectivity index (χ4n) is 1.76. The highest BCUT2D eigenvalue weighted by atomic mass is 16.5. The van der Waals surface area contributed by atoms with Crippen LogP contribution < -0.4 is 0 Å². The fourth-order valence-corrected chi connectivity index (χ4v) is 1.76. The van der Waals surface area contributed by atoms with Crippen LogP contribution in [0.1, 0.15) is 19.8 Å². The minimum absolute atomic E-state index is 0.430. The van der Waals surface area contributed by atoms with Crippen LogP contribution in [0.25, 0.3) is 0 Å². The number of hydrogen-bond donors (Lipinski definition) is 0. The monoisotopic (exact) mass is 221 g/mol. The molecule has 88 valence electrons. The molecule has 0 aliphatic carbocycles. The highest BCUT2D eigenvalue weighted by Crippen LogP contribution is 2.37. The SMILES string of the molecule is C=C(C=CCOCC)C1(C#N)CCOCC1. The first-order valence-corrected chi connectivity index (χ1v) is 5.68. The van der Waals surface area contributed by atoms with Gasteiger partial charge in [0.25, 0.3) is 0 Å². The van der Waals surface area contributed by atoms with Crippen molar-refractivity contribution in [2.75, 3.05) is 26.4 Å². The summed E-state index contributed by atoms with van der Waals surface area (Å²) in [6.07, 6.45) is 5.30. The number of allylic oxidation sites excluding steroid dienone is 2. The Morgan fingerprint density at radius 2 is 2.25 bits per heavy atom. The van der Waals surface area contributed by atoms with Gasteiger partial charge in [-0.3, -0.25) is 0 Å². The summed E-state index contributed by atoms with van der Waals surface area (Å²) in [7, 11) is 0. The average molecular weight is 221 g/mol. The lowest BCUT2D eigenvalue weighted by Gasteiger charge is -2.31. The summed E-state index contributed by atoms with van der Waals surface area (Å²) in [5.74, 6) is 0. The molecule has 0 atom stereocenters. The first-order chi connectivity index (χ1) is 7.75. The molecule has 0 bridgehead atoms. The van der Waals surface area contributed by atoms with Crippen molar-refractivity contribution < 1.29 is 9.47 Å². The van der Waals surface area contributed by atoms with E-state index in [0.717, 1.165) is 18.4 Å². The van der Waals surface area contributed by atoms with Crippen LogP contribution in [-0.4, -0.2) is 26.4 Å². The van der Waals surface area contributed by atoms with Crippen LogP contribution in [0.2, 0.25) is 0 Å². The zero-order valence-electron chi connectivity index (χ0n) is 9.87. The zero-order chi connectivity index (χ0) is 11.9. The van der Waals surface area contributed by atoms with Crippen molar-refractivity contribution >= 4 is 0 Å². The number of hydrogen-bond acceptors (Lipinski definition) is 3. The highest BCUT2D eigenvalue weighted by molar-refractivity contribution is 5.31. The number of ether oxygens (including phenoxy) is 2. The molecule has 0 aromatic heterocycles. The summed E-state index contributed by atoms with van der Waals surface area (Å²) < 4.78 is 10.5. The molecule has 1 saturated heterocycles. The van der Waals surface area contributed by atoms with Gasteiger partial charge in [-0.05, 0) is 25.3 Å². The maximum absolute atomic E-state index is 9.28. The molecule has 0 saturated carbocycles. The third kappa shape index (κ3) is 3.19. The van der Waals surface area contributed by atoms with Crippen LogP contribution in [0, 0.1) is 16.7 Å². The molecule has 3 heteroatoms. The number of nitrogens with zero attached hydrogens (tertiary/aromatic N) is 1. The quantitative estimate of drug-likeness (QED) is 0.529. The Hall–Kier alpha value is -1.11. The maximum Gasteiger partial charge on any atom is 0.0860 e. The smallest absolute Gasteiger partial charge is 0.0860 e. The van der Waals surface area contributed by atoms with Crippen molar-refractivity contribution in [3.8, 4) is 6.07 Å². The summed E-state index contributed by atoms with van der Waals surface area (Å²) in [6, 6.07) is 2.39. The molecule has 1 fully saturated rings. The molecule has 0 radical (unpaired) electrons. The Bertz CT molecular complexity index is 296. The van der Waals surface area contributed by atoms with Crippen molar-refractivity contribution in [1.82, 2.24) is 0 Å². The molecule has 1 aliphatic heterocycles. The Balaban J connectivity index is 2.56. The van der Waals surface area contributed by atoms with E-state index >= 15 is 0 Å². The van der Waals surface area contributed by atoms with Gasteiger partial charge >= 0.3 is 0 Å². The maximum atomic E-state index is 9.28. The zero-order valence-corrected chi connectivity index (χ0v) is 9.87. The minimum atomic E-state index is -0.430. The second-order valence-corrected chi connectivity index (χ2v) is 3.89. The first-order valence-electron chi connectivity index (χ1n) is 5.68. The van der Waals surface area contributed by atoms with Gasteiger partial charge in [0.2, 0.25) is 0 Å². The molecule has 0 spiro atoms. The molecular weight excluding hydrogens is 202 g/mol. The lowest BCUT2D eigenvalue weighted by Crippen LogP contribution is -2.29. The van der Waals surface area contributed by atoms with Crippen molar-refractivity contribution in [3.05, 3.63) is 24.3 Å². The van der Waals surface area contributed by atoms with Gasteiger partial charge in [0.1, 0.15) is 0 Å². The number of rotatable bonds is 5. The normalized spacial score (nSPS) is 19.5. The van der Waals surface area contributed by atoms with E-state index in [0.29, 0.717) is 26.4 Å². The number of nitriles is 1. The van der Waals surface area contributed by atoms with Crippen LogP contribution in [0.15, 0.2) is 24.3 Å². The van der Waals surface area contributed by atoms with Crippen molar-refractivity contribution in [1.29, 1.82) is 5.26 Å². The van der Waals surface area contributed by atoms with E-state index in [-0.39, 0.29) is 0 Å². The van der Waals surface area contributed by atoms with Crippen LogP contribution in [0.3, 0.4) is 0 Å². The molecule has 1 rings (SSSR count). The van der Waals surface area contributed by atoms with E-state index in [9.17, 15) is 5.26 Å². The average Bonchev–Trinajstić information content (AvgIpc) is 2.35. The molecule has 0 aromatic rings. The second-order valence-electron chi connectivity index (χ2n) is 3.89. The van der Waals surface area contributed by atoms with Gasteiger partial charge < -0.3 is 9.47 Å². The molecule has 16 heavy (non-hydrogen) atoms. The highest BCUT2D eigenvalue weighted by Gasteiger charge is 2.34. The van der Waals surface area contributed by atoms with Crippen LogP contribution in [-0.2, 0) is 9.47 Å². The lowest BCUT2D eigenvalue weighted by atomic mass is 9.75. The summed E-state index contributed by atoms with van der Waals surface area (Å²) in [6.45, 7) is 8.52. The summed E-state index contributed by atoms with van der Waals surface area (Å²) in [5, 5.41) is 9.28. The van der Waals surface area contributed by atoms with Crippen molar-refractivity contribution in [2.24, 2.45) is 5.41 Å². The Morgan fingerprint density at radius 3 is 2.81 bits per heavy atom. The largest absolute Gasteiger partial charge is 0.381 e. The molecule has 3 nitrogen and oxygen atoms in total. The van der Waals surface area contributed by atoms with Crippen LogP contribution >= 0.6 is 0 Å². The topological polar surface area (TPSA) is 42.2 Å². The summed E-state index contributed by atoms with van der Waals surface area (Å²) >= 11 is 0. The summed E-state index contributed by atoms with van der Waals surface area (Å²) in [5.41, 5.74) is 0.444. The van der Waals surface area contributed by atoms with Gasteiger partial charge in [-0.2, -0.15) is 5.26 Å². The summed E-state index contributed by atoms with van der Waals surface area (Å²) in [4.78, 5) is 0. The second kappa shape index (κ2) is 6.47. The Morgan fingerprint density at radius 1 is 1.56 bits per heavy atom. The third-order valence-electron chi connectivity index (χ3n) is 2.91. The predicted octanol–water partition coefficient (Wildman–Crippen LogP) is 2.46. The molecule has 1 heterocycles. The van der Waals surface area contributed by atoms with E-state index in [1.165, 1.54) is 0 Å². The molecule has 0 aromatic carbocycles. The van der Waals surface area contributed by atoms with Gasteiger partial charge in [-0.15, -0.1) is 0 Å². The van der Waals surface area contributed by atoms with E-state index in [1.807, 2.05) is 19.1 Å². The van der Waals surface area contributed by atoms with E-state index in [1.54, 1.807) is 0 Å².